The second kappa shape index (κ2) is 6.12. The summed E-state index contributed by atoms with van der Waals surface area (Å²) in [6, 6.07) is 13.2. The maximum absolute atomic E-state index is 12.5. The molecule has 1 aliphatic heterocycles. The zero-order valence-electron chi connectivity index (χ0n) is 13.1. The zero-order valence-corrected chi connectivity index (χ0v) is 13.1. The van der Waals surface area contributed by atoms with Crippen LogP contribution in [0.15, 0.2) is 42.5 Å². The lowest BCUT2D eigenvalue weighted by molar-refractivity contribution is -0.121. The SMILES string of the molecule is Cc1cccc(CNC(=O)c2cccc3c2OCC(=O)N3C)c1. The Hall–Kier alpha value is -2.82. The second-order valence-corrected chi connectivity index (χ2v) is 5.57. The Morgan fingerprint density at radius 3 is 2.83 bits per heavy atom. The van der Waals surface area contributed by atoms with E-state index < -0.39 is 0 Å². The number of hydrogen-bond donors (Lipinski definition) is 1. The average molecular weight is 310 g/mol. The Kier molecular flexibility index (Phi) is 4.02. The number of rotatable bonds is 3. The van der Waals surface area contributed by atoms with Gasteiger partial charge in [-0.1, -0.05) is 35.9 Å². The number of anilines is 1. The summed E-state index contributed by atoms with van der Waals surface area (Å²) in [6.07, 6.45) is 0. The summed E-state index contributed by atoms with van der Waals surface area (Å²) in [5.74, 6) is 0.109. The van der Waals surface area contributed by atoms with Gasteiger partial charge in [0.2, 0.25) is 0 Å². The number of aryl methyl sites for hydroxylation is 1. The number of para-hydroxylation sites is 1. The van der Waals surface area contributed by atoms with Crippen LogP contribution >= 0.6 is 0 Å². The highest BCUT2D eigenvalue weighted by Gasteiger charge is 2.26. The molecule has 118 valence electrons. The third-order valence-electron chi connectivity index (χ3n) is 3.85. The van der Waals surface area contributed by atoms with Gasteiger partial charge in [-0.05, 0) is 24.6 Å². The van der Waals surface area contributed by atoms with Crippen LogP contribution in [0.5, 0.6) is 5.75 Å². The number of carbonyl (C=O) groups excluding carboxylic acids is 2. The minimum absolute atomic E-state index is 0.0499. The molecular formula is C18H18N2O3. The van der Waals surface area contributed by atoms with Gasteiger partial charge in [-0.2, -0.15) is 0 Å². The van der Waals surface area contributed by atoms with E-state index in [0.717, 1.165) is 11.1 Å². The summed E-state index contributed by atoms with van der Waals surface area (Å²) in [7, 11) is 1.68. The van der Waals surface area contributed by atoms with Gasteiger partial charge in [-0.3, -0.25) is 9.59 Å². The molecular weight excluding hydrogens is 292 g/mol. The number of nitrogens with one attached hydrogen (secondary N) is 1. The van der Waals surface area contributed by atoms with Crippen molar-refractivity contribution < 1.29 is 14.3 Å². The van der Waals surface area contributed by atoms with Crippen molar-refractivity contribution >= 4 is 17.5 Å². The average Bonchev–Trinajstić information content (AvgIpc) is 2.56. The number of carbonyl (C=O) groups is 2. The number of amides is 2. The van der Waals surface area contributed by atoms with E-state index in [-0.39, 0.29) is 18.4 Å². The first-order valence-electron chi connectivity index (χ1n) is 7.42. The maximum atomic E-state index is 12.5. The molecule has 0 saturated carbocycles. The highest BCUT2D eigenvalue weighted by Crippen LogP contribution is 2.34. The van der Waals surface area contributed by atoms with E-state index in [1.165, 1.54) is 4.90 Å². The van der Waals surface area contributed by atoms with Crippen LogP contribution in [0.3, 0.4) is 0 Å². The summed E-state index contributed by atoms with van der Waals surface area (Å²) in [4.78, 5) is 25.7. The molecule has 0 fully saturated rings. The zero-order chi connectivity index (χ0) is 16.4. The number of nitrogens with zero attached hydrogens (tertiary/aromatic N) is 1. The van der Waals surface area contributed by atoms with Gasteiger partial charge in [0, 0.05) is 13.6 Å². The largest absolute Gasteiger partial charge is 0.481 e. The lowest BCUT2D eigenvalue weighted by atomic mass is 10.1. The van der Waals surface area contributed by atoms with Crippen molar-refractivity contribution in [3.05, 3.63) is 59.2 Å². The molecule has 23 heavy (non-hydrogen) atoms. The topological polar surface area (TPSA) is 58.6 Å². The standard InChI is InChI=1S/C18H18N2O3/c1-12-5-3-6-13(9-12)10-19-18(22)14-7-4-8-15-17(14)23-11-16(21)20(15)2/h3-9H,10-11H2,1-2H3,(H,19,22). The van der Waals surface area contributed by atoms with Gasteiger partial charge in [0.15, 0.2) is 12.4 Å². The van der Waals surface area contributed by atoms with E-state index >= 15 is 0 Å². The number of ether oxygens (including phenoxy) is 1. The van der Waals surface area contributed by atoms with Gasteiger partial charge in [-0.25, -0.2) is 0 Å². The van der Waals surface area contributed by atoms with E-state index in [0.29, 0.717) is 23.5 Å². The van der Waals surface area contributed by atoms with Crippen LogP contribution in [-0.2, 0) is 11.3 Å². The van der Waals surface area contributed by atoms with Crippen LogP contribution in [0.1, 0.15) is 21.5 Å². The number of hydrogen-bond acceptors (Lipinski definition) is 3. The first-order chi connectivity index (χ1) is 11.1. The fourth-order valence-electron chi connectivity index (χ4n) is 2.58. The van der Waals surface area contributed by atoms with E-state index in [1.54, 1.807) is 25.2 Å². The van der Waals surface area contributed by atoms with Gasteiger partial charge in [0.05, 0.1) is 11.3 Å². The van der Waals surface area contributed by atoms with E-state index in [2.05, 4.69) is 5.32 Å². The van der Waals surface area contributed by atoms with E-state index in [4.69, 9.17) is 4.74 Å². The number of fused-ring (bicyclic) bond motifs is 1. The van der Waals surface area contributed by atoms with Crippen molar-refractivity contribution in [1.82, 2.24) is 5.32 Å². The van der Waals surface area contributed by atoms with Gasteiger partial charge >= 0.3 is 0 Å². The molecule has 3 rings (SSSR count). The molecule has 0 radical (unpaired) electrons. The van der Waals surface area contributed by atoms with Crippen molar-refractivity contribution in [1.29, 1.82) is 0 Å². The molecule has 1 N–H and O–H groups in total. The molecule has 0 bridgehead atoms. The summed E-state index contributed by atoms with van der Waals surface area (Å²) in [5, 5.41) is 2.90. The Balaban J connectivity index is 1.79. The Morgan fingerprint density at radius 2 is 2.04 bits per heavy atom. The number of benzene rings is 2. The molecule has 5 nitrogen and oxygen atoms in total. The van der Waals surface area contributed by atoms with Gasteiger partial charge in [0.25, 0.3) is 11.8 Å². The molecule has 5 heteroatoms. The van der Waals surface area contributed by atoms with Crippen LogP contribution in [0.2, 0.25) is 0 Å². The van der Waals surface area contributed by atoms with Gasteiger partial charge < -0.3 is 15.0 Å². The highest BCUT2D eigenvalue weighted by molar-refractivity contribution is 6.03. The molecule has 0 aromatic heterocycles. The Bertz CT molecular complexity index is 771. The fraction of sp³-hybridized carbons (Fsp3) is 0.222. The third kappa shape index (κ3) is 3.04. The van der Waals surface area contributed by atoms with Crippen LogP contribution in [0.4, 0.5) is 5.69 Å². The van der Waals surface area contributed by atoms with E-state index in [1.807, 2.05) is 31.2 Å². The van der Waals surface area contributed by atoms with Crippen molar-refractivity contribution in [3.8, 4) is 5.75 Å². The summed E-state index contributed by atoms with van der Waals surface area (Å²) >= 11 is 0. The van der Waals surface area contributed by atoms with E-state index in [9.17, 15) is 9.59 Å². The minimum Gasteiger partial charge on any atom is -0.481 e. The molecule has 0 unspecified atom stereocenters. The summed E-state index contributed by atoms with van der Waals surface area (Å²) in [5.41, 5.74) is 3.24. The summed E-state index contributed by atoms with van der Waals surface area (Å²) < 4.78 is 5.48. The number of likely N-dealkylation sites (N-methyl/N-ethyl adjacent to an activating group) is 1. The highest BCUT2D eigenvalue weighted by atomic mass is 16.5. The lowest BCUT2D eigenvalue weighted by Gasteiger charge is -2.27. The predicted octanol–water partition coefficient (Wildman–Crippen LogP) is 2.28. The van der Waals surface area contributed by atoms with Crippen LogP contribution < -0.4 is 15.0 Å². The molecule has 2 amide bonds. The quantitative estimate of drug-likeness (QED) is 0.946. The van der Waals surface area contributed by atoms with Crippen molar-refractivity contribution in [2.45, 2.75) is 13.5 Å². The fourth-order valence-corrected chi connectivity index (χ4v) is 2.58. The molecule has 0 saturated heterocycles. The van der Waals surface area contributed by atoms with Crippen molar-refractivity contribution in [3.63, 3.8) is 0 Å². The first-order valence-corrected chi connectivity index (χ1v) is 7.42. The van der Waals surface area contributed by atoms with Crippen LogP contribution in [-0.4, -0.2) is 25.5 Å². The monoisotopic (exact) mass is 310 g/mol. The molecule has 0 aliphatic carbocycles. The molecule has 1 aliphatic rings. The van der Waals surface area contributed by atoms with Crippen molar-refractivity contribution in [2.24, 2.45) is 0 Å². The smallest absolute Gasteiger partial charge is 0.264 e. The third-order valence-corrected chi connectivity index (χ3v) is 3.85. The van der Waals surface area contributed by atoms with Crippen LogP contribution in [0, 0.1) is 6.92 Å². The van der Waals surface area contributed by atoms with Crippen molar-refractivity contribution in [2.75, 3.05) is 18.6 Å². The van der Waals surface area contributed by atoms with Gasteiger partial charge in [0.1, 0.15) is 0 Å². The molecule has 1 heterocycles. The Morgan fingerprint density at radius 1 is 1.26 bits per heavy atom. The van der Waals surface area contributed by atoms with Crippen LogP contribution in [0.25, 0.3) is 0 Å². The molecule has 2 aromatic carbocycles. The van der Waals surface area contributed by atoms with Gasteiger partial charge in [-0.15, -0.1) is 0 Å². The second-order valence-electron chi connectivity index (χ2n) is 5.57. The minimum atomic E-state index is -0.217. The summed E-state index contributed by atoms with van der Waals surface area (Å²) in [6.45, 7) is 2.41. The molecule has 2 aromatic rings. The molecule has 0 atom stereocenters. The lowest BCUT2D eigenvalue weighted by Crippen LogP contribution is -2.36. The molecule has 0 spiro atoms. The maximum Gasteiger partial charge on any atom is 0.264 e. The normalized spacial score (nSPS) is 13.3. The predicted molar refractivity (Wildman–Crippen MR) is 87.7 cm³/mol. The Labute approximate surface area is 134 Å². The first kappa shape index (κ1) is 15.1.